The fourth-order valence-electron chi connectivity index (χ4n) is 2.95. The Morgan fingerprint density at radius 3 is 2.24 bits per heavy atom. The van der Waals surface area contributed by atoms with Gasteiger partial charge in [0, 0.05) is 0 Å². The standard InChI is InChI=1S/C17H13FN4O3/c1-25-13-8-6-11(7-9-13)21-16(23)14-15(17(21)24)22(20-19-14)12-4-2-10(18)3-5-12/h2-9,14-15H,1H3/t14-,15-/m0/s1. The number of ether oxygens (including phenoxy) is 1. The van der Waals surface area contributed by atoms with Gasteiger partial charge in [-0.2, -0.15) is 5.11 Å². The molecule has 0 spiro atoms. The van der Waals surface area contributed by atoms with Crippen molar-refractivity contribution in [3.05, 3.63) is 54.3 Å². The van der Waals surface area contributed by atoms with Gasteiger partial charge in [-0.15, -0.1) is 0 Å². The van der Waals surface area contributed by atoms with Crippen LogP contribution in [0.25, 0.3) is 0 Å². The lowest BCUT2D eigenvalue weighted by atomic mass is 10.1. The number of methoxy groups -OCH3 is 1. The van der Waals surface area contributed by atoms with Crippen molar-refractivity contribution in [2.75, 3.05) is 17.0 Å². The molecule has 7 nitrogen and oxygen atoms in total. The van der Waals surface area contributed by atoms with Crippen LogP contribution in [-0.2, 0) is 9.59 Å². The first-order chi connectivity index (χ1) is 12.1. The van der Waals surface area contributed by atoms with Crippen LogP contribution >= 0.6 is 0 Å². The third-order valence-corrected chi connectivity index (χ3v) is 4.20. The summed E-state index contributed by atoms with van der Waals surface area (Å²) in [6, 6.07) is 10.4. The van der Waals surface area contributed by atoms with E-state index in [1.807, 2.05) is 0 Å². The number of amides is 2. The first-order valence-electron chi connectivity index (χ1n) is 7.57. The van der Waals surface area contributed by atoms with Crippen LogP contribution in [0.1, 0.15) is 0 Å². The summed E-state index contributed by atoms with van der Waals surface area (Å²) in [5.74, 6) is -0.635. The SMILES string of the molecule is COc1ccc(N2C(=O)[C@H]3N=NN(c4ccc(F)cc4)[C@@H]3C2=O)cc1. The molecule has 0 saturated carbocycles. The molecule has 2 heterocycles. The van der Waals surface area contributed by atoms with Gasteiger partial charge >= 0.3 is 0 Å². The molecule has 2 aliphatic rings. The highest BCUT2D eigenvalue weighted by Crippen LogP contribution is 2.35. The maximum Gasteiger partial charge on any atom is 0.263 e. The Labute approximate surface area is 142 Å². The van der Waals surface area contributed by atoms with Crippen LogP contribution in [0.3, 0.4) is 0 Å². The number of imide groups is 1. The van der Waals surface area contributed by atoms with E-state index < -0.39 is 29.7 Å². The van der Waals surface area contributed by atoms with Crippen LogP contribution < -0.4 is 14.6 Å². The number of hydrogen-bond acceptors (Lipinski definition) is 6. The van der Waals surface area contributed by atoms with E-state index in [4.69, 9.17) is 4.74 Å². The number of halogens is 1. The molecule has 126 valence electrons. The Balaban J connectivity index is 1.66. The molecular weight excluding hydrogens is 327 g/mol. The van der Waals surface area contributed by atoms with Gasteiger partial charge in [-0.05, 0) is 48.5 Å². The van der Waals surface area contributed by atoms with Crippen molar-refractivity contribution < 1.29 is 18.7 Å². The number of carbonyl (C=O) groups is 2. The van der Waals surface area contributed by atoms with Gasteiger partial charge in [0.25, 0.3) is 11.8 Å². The zero-order chi connectivity index (χ0) is 17.6. The summed E-state index contributed by atoms with van der Waals surface area (Å²) < 4.78 is 18.2. The van der Waals surface area contributed by atoms with Crippen molar-refractivity contribution in [3.63, 3.8) is 0 Å². The molecule has 4 rings (SSSR count). The van der Waals surface area contributed by atoms with Crippen molar-refractivity contribution >= 4 is 23.2 Å². The van der Waals surface area contributed by atoms with Crippen LogP contribution in [0.4, 0.5) is 15.8 Å². The second kappa shape index (κ2) is 5.66. The van der Waals surface area contributed by atoms with Gasteiger partial charge in [-0.3, -0.25) is 9.59 Å². The number of benzene rings is 2. The molecule has 0 radical (unpaired) electrons. The highest BCUT2D eigenvalue weighted by molar-refractivity contribution is 6.26. The van der Waals surface area contributed by atoms with Gasteiger partial charge in [0.2, 0.25) is 0 Å². The molecule has 2 aliphatic heterocycles. The molecule has 0 unspecified atom stereocenters. The van der Waals surface area contributed by atoms with E-state index in [1.165, 1.54) is 36.4 Å². The molecule has 2 aromatic carbocycles. The summed E-state index contributed by atoms with van der Waals surface area (Å²) in [6.07, 6.45) is 0. The summed E-state index contributed by atoms with van der Waals surface area (Å²) >= 11 is 0. The third kappa shape index (κ3) is 2.34. The van der Waals surface area contributed by atoms with Gasteiger partial charge < -0.3 is 4.74 Å². The first kappa shape index (κ1) is 15.3. The van der Waals surface area contributed by atoms with E-state index in [2.05, 4.69) is 10.3 Å². The largest absolute Gasteiger partial charge is 0.497 e. The Bertz CT molecular complexity index is 866. The van der Waals surface area contributed by atoms with E-state index in [9.17, 15) is 14.0 Å². The molecule has 1 saturated heterocycles. The van der Waals surface area contributed by atoms with E-state index in [-0.39, 0.29) is 0 Å². The van der Waals surface area contributed by atoms with Crippen molar-refractivity contribution in [1.82, 2.24) is 0 Å². The number of rotatable bonds is 3. The normalized spacial score (nSPS) is 21.8. The number of hydrogen-bond donors (Lipinski definition) is 0. The van der Waals surface area contributed by atoms with E-state index >= 15 is 0 Å². The Kier molecular flexibility index (Phi) is 3.45. The van der Waals surface area contributed by atoms with Crippen LogP contribution in [0.5, 0.6) is 5.75 Å². The lowest BCUT2D eigenvalue weighted by Crippen LogP contribution is -2.39. The number of fused-ring (bicyclic) bond motifs is 1. The maximum atomic E-state index is 13.1. The summed E-state index contributed by atoms with van der Waals surface area (Å²) in [4.78, 5) is 26.6. The Morgan fingerprint density at radius 1 is 0.960 bits per heavy atom. The molecular formula is C17H13FN4O3. The fourth-order valence-corrected chi connectivity index (χ4v) is 2.95. The Morgan fingerprint density at radius 2 is 1.60 bits per heavy atom. The quantitative estimate of drug-likeness (QED) is 0.804. The third-order valence-electron chi connectivity index (χ3n) is 4.20. The molecule has 0 bridgehead atoms. The zero-order valence-electron chi connectivity index (χ0n) is 13.2. The zero-order valence-corrected chi connectivity index (χ0v) is 13.2. The topological polar surface area (TPSA) is 74.6 Å². The van der Waals surface area contributed by atoms with Crippen LogP contribution in [0, 0.1) is 5.82 Å². The smallest absolute Gasteiger partial charge is 0.263 e. The molecule has 25 heavy (non-hydrogen) atoms. The average Bonchev–Trinajstić information content (AvgIpc) is 3.17. The van der Waals surface area contributed by atoms with Gasteiger partial charge in [0.15, 0.2) is 12.1 Å². The van der Waals surface area contributed by atoms with Crippen molar-refractivity contribution in [2.45, 2.75) is 12.1 Å². The van der Waals surface area contributed by atoms with Gasteiger partial charge in [0.1, 0.15) is 11.6 Å². The predicted molar refractivity (Wildman–Crippen MR) is 86.8 cm³/mol. The van der Waals surface area contributed by atoms with Crippen molar-refractivity contribution in [2.24, 2.45) is 10.3 Å². The maximum absolute atomic E-state index is 13.1. The summed E-state index contributed by atoms with van der Waals surface area (Å²) in [6.45, 7) is 0. The van der Waals surface area contributed by atoms with E-state index in [0.717, 1.165) is 4.90 Å². The second-order valence-corrected chi connectivity index (χ2v) is 5.63. The second-order valence-electron chi connectivity index (χ2n) is 5.63. The minimum atomic E-state index is -0.903. The number of anilines is 2. The molecule has 0 N–H and O–H groups in total. The minimum absolute atomic E-state index is 0.398. The lowest BCUT2D eigenvalue weighted by Gasteiger charge is -2.20. The molecule has 2 amide bonds. The van der Waals surface area contributed by atoms with Crippen molar-refractivity contribution in [1.29, 1.82) is 0 Å². The summed E-state index contributed by atoms with van der Waals surface area (Å²) in [5.41, 5.74) is 0.940. The monoisotopic (exact) mass is 340 g/mol. The molecule has 1 fully saturated rings. The molecule has 8 heteroatoms. The Hall–Kier alpha value is -3.29. The summed E-state index contributed by atoms with van der Waals surface area (Å²) in [5, 5.41) is 9.22. The lowest BCUT2D eigenvalue weighted by molar-refractivity contribution is -0.121. The molecule has 0 aromatic heterocycles. The average molecular weight is 340 g/mol. The van der Waals surface area contributed by atoms with E-state index in [0.29, 0.717) is 17.1 Å². The minimum Gasteiger partial charge on any atom is -0.497 e. The van der Waals surface area contributed by atoms with Crippen LogP contribution in [-0.4, -0.2) is 31.0 Å². The van der Waals surface area contributed by atoms with Crippen LogP contribution in [0.15, 0.2) is 58.9 Å². The fraction of sp³-hybridized carbons (Fsp3) is 0.176. The highest BCUT2D eigenvalue weighted by Gasteiger charge is 2.55. The predicted octanol–water partition coefficient (Wildman–Crippen LogP) is 2.33. The van der Waals surface area contributed by atoms with Crippen LogP contribution in [0.2, 0.25) is 0 Å². The highest BCUT2D eigenvalue weighted by atomic mass is 19.1. The van der Waals surface area contributed by atoms with Crippen molar-refractivity contribution in [3.8, 4) is 5.75 Å². The van der Waals surface area contributed by atoms with Gasteiger partial charge in [-0.1, -0.05) is 5.22 Å². The summed E-state index contributed by atoms with van der Waals surface area (Å²) in [7, 11) is 1.53. The number of nitrogens with zero attached hydrogens (tertiary/aromatic N) is 4. The van der Waals surface area contributed by atoms with Gasteiger partial charge in [-0.25, -0.2) is 14.3 Å². The molecule has 2 atom stereocenters. The molecule has 2 aromatic rings. The molecule has 0 aliphatic carbocycles. The van der Waals surface area contributed by atoms with E-state index in [1.54, 1.807) is 24.3 Å². The number of carbonyl (C=O) groups excluding carboxylic acids is 2. The first-order valence-corrected chi connectivity index (χ1v) is 7.57. The van der Waals surface area contributed by atoms with Gasteiger partial charge in [0.05, 0.1) is 18.5 Å².